The summed E-state index contributed by atoms with van der Waals surface area (Å²) in [4.78, 5) is 14.2. The van der Waals surface area contributed by atoms with Crippen molar-refractivity contribution in [3.05, 3.63) is 30.2 Å². The molecule has 0 aromatic carbocycles. The lowest BCUT2D eigenvalue weighted by Gasteiger charge is -2.31. The molecule has 0 spiro atoms. The number of aryl methyl sites for hydroxylation is 1. The molecule has 2 amide bonds. The molecule has 130 valence electrons. The number of likely N-dealkylation sites (tertiary alicyclic amines) is 1. The van der Waals surface area contributed by atoms with E-state index in [1.54, 1.807) is 17.9 Å². The molecule has 2 aromatic rings. The minimum atomic E-state index is -0.0912. The van der Waals surface area contributed by atoms with Gasteiger partial charge in [0, 0.05) is 51.6 Å². The van der Waals surface area contributed by atoms with Crippen LogP contribution in [0.5, 0.6) is 0 Å². The summed E-state index contributed by atoms with van der Waals surface area (Å²) >= 11 is 0. The van der Waals surface area contributed by atoms with E-state index in [0.717, 1.165) is 31.6 Å². The van der Waals surface area contributed by atoms with Crippen LogP contribution in [-0.4, -0.2) is 57.3 Å². The molecule has 0 bridgehead atoms. The number of aromatic nitrogens is 4. The molecule has 0 radical (unpaired) electrons. The highest BCUT2D eigenvalue weighted by Crippen LogP contribution is 2.26. The number of carbonyl (C=O) groups is 1. The summed E-state index contributed by atoms with van der Waals surface area (Å²) < 4.78 is 8.60. The van der Waals surface area contributed by atoms with E-state index in [1.807, 2.05) is 29.0 Å². The second-order valence-electron chi connectivity index (χ2n) is 6.06. The third-order valence-electron chi connectivity index (χ3n) is 4.33. The summed E-state index contributed by atoms with van der Waals surface area (Å²) in [7, 11) is 3.58. The molecule has 24 heavy (non-hydrogen) atoms. The normalized spacial score (nSPS) is 15.7. The Morgan fingerprint density at radius 3 is 2.75 bits per heavy atom. The van der Waals surface area contributed by atoms with Gasteiger partial charge in [0.1, 0.15) is 0 Å². The topological polar surface area (TPSA) is 77.2 Å². The van der Waals surface area contributed by atoms with Crippen LogP contribution >= 0.6 is 0 Å². The summed E-state index contributed by atoms with van der Waals surface area (Å²) in [5.41, 5.74) is 1.12. The van der Waals surface area contributed by atoms with Gasteiger partial charge in [-0.3, -0.25) is 14.7 Å². The molecule has 8 nitrogen and oxygen atoms in total. The average molecular weight is 332 g/mol. The van der Waals surface area contributed by atoms with E-state index in [4.69, 9.17) is 4.74 Å². The molecule has 0 atom stereocenters. The molecular weight excluding hydrogens is 308 g/mol. The van der Waals surface area contributed by atoms with Gasteiger partial charge in [0.25, 0.3) is 0 Å². The smallest absolute Gasteiger partial charge is 0.323 e. The number of hydrogen-bond acceptors (Lipinski definition) is 4. The number of piperidine rings is 1. The van der Waals surface area contributed by atoms with Crippen LogP contribution in [0.1, 0.15) is 24.5 Å². The highest BCUT2D eigenvalue weighted by atomic mass is 16.5. The van der Waals surface area contributed by atoms with E-state index < -0.39 is 0 Å². The van der Waals surface area contributed by atoms with Crippen LogP contribution < -0.4 is 5.32 Å². The Labute approximate surface area is 141 Å². The van der Waals surface area contributed by atoms with Gasteiger partial charge in [0.05, 0.1) is 18.8 Å². The van der Waals surface area contributed by atoms with E-state index in [9.17, 15) is 4.79 Å². The maximum atomic E-state index is 12.4. The zero-order chi connectivity index (χ0) is 16.9. The monoisotopic (exact) mass is 332 g/mol. The number of ether oxygens (including phenoxy) is 1. The van der Waals surface area contributed by atoms with Gasteiger partial charge in [-0.15, -0.1) is 0 Å². The van der Waals surface area contributed by atoms with Crippen LogP contribution in [0, 0.1) is 0 Å². The summed E-state index contributed by atoms with van der Waals surface area (Å²) in [6.45, 7) is 2.73. The van der Waals surface area contributed by atoms with Crippen molar-refractivity contribution >= 4 is 11.8 Å². The molecule has 3 heterocycles. The SMILES string of the molecule is COCCn1ccc(NC(=O)N2CCC(c3ccn(C)n3)CC2)n1. The fourth-order valence-corrected chi connectivity index (χ4v) is 2.96. The Morgan fingerprint density at radius 2 is 2.08 bits per heavy atom. The third-order valence-corrected chi connectivity index (χ3v) is 4.33. The van der Waals surface area contributed by atoms with Crippen LogP contribution in [0.4, 0.5) is 10.6 Å². The highest BCUT2D eigenvalue weighted by Gasteiger charge is 2.25. The van der Waals surface area contributed by atoms with Gasteiger partial charge >= 0.3 is 6.03 Å². The second kappa shape index (κ2) is 7.48. The third kappa shape index (κ3) is 3.94. The molecule has 1 aliphatic heterocycles. The van der Waals surface area contributed by atoms with Crippen molar-refractivity contribution in [1.82, 2.24) is 24.5 Å². The maximum absolute atomic E-state index is 12.4. The molecule has 0 aliphatic carbocycles. The number of amides is 2. The highest BCUT2D eigenvalue weighted by molar-refractivity contribution is 5.88. The Morgan fingerprint density at radius 1 is 1.29 bits per heavy atom. The van der Waals surface area contributed by atoms with Gasteiger partial charge < -0.3 is 9.64 Å². The molecule has 1 saturated heterocycles. The van der Waals surface area contributed by atoms with Gasteiger partial charge in [-0.05, 0) is 18.9 Å². The summed E-state index contributed by atoms with van der Waals surface area (Å²) in [5, 5.41) is 11.6. The maximum Gasteiger partial charge on any atom is 0.323 e. The number of nitrogens with zero attached hydrogens (tertiary/aromatic N) is 5. The summed E-state index contributed by atoms with van der Waals surface area (Å²) in [6.07, 6.45) is 5.68. The van der Waals surface area contributed by atoms with Crippen LogP contribution in [-0.2, 0) is 18.3 Å². The quantitative estimate of drug-likeness (QED) is 0.903. The first kappa shape index (κ1) is 16.5. The van der Waals surface area contributed by atoms with Crippen molar-refractivity contribution in [2.75, 3.05) is 32.1 Å². The largest absolute Gasteiger partial charge is 0.383 e. The van der Waals surface area contributed by atoms with Crippen molar-refractivity contribution in [1.29, 1.82) is 0 Å². The number of anilines is 1. The number of rotatable bonds is 5. The van der Waals surface area contributed by atoms with E-state index >= 15 is 0 Å². The first-order chi connectivity index (χ1) is 11.7. The molecule has 1 fully saturated rings. The fraction of sp³-hybridized carbons (Fsp3) is 0.562. The fourth-order valence-electron chi connectivity index (χ4n) is 2.96. The predicted molar refractivity (Wildman–Crippen MR) is 89.9 cm³/mol. The van der Waals surface area contributed by atoms with Crippen LogP contribution in [0.15, 0.2) is 24.5 Å². The van der Waals surface area contributed by atoms with Crippen LogP contribution in [0.3, 0.4) is 0 Å². The Kier molecular flexibility index (Phi) is 5.14. The van der Waals surface area contributed by atoms with E-state index in [0.29, 0.717) is 24.9 Å². The number of methoxy groups -OCH3 is 1. The minimum absolute atomic E-state index is 0.0912. The molecule has 1 aliphatic rings. The lowest BCUT2D eigenvalue weighted by Crippen LogP contribution is -2.40. The minimum Gasteiger partial charge on any atom is -0.383 e. The van der Waals surface area contributed by atoms with E-state index in [2.05, 4.69) is 21.6 Å². The van der Waals surface area contributed by atoms with Gasteiger partial charge in [-0.25, -0.2) is 4.79 Å². The van der Waals surface area contributed by atoms with Crippen molar-refractivity contribution in [2.24, 2.45) is 7.05 Å². The average Bonchev–Trinajstić information content (AvgIpc) is 3.22. The summed E-state index contributed by atoms with van der Waals surface area (Å²) in [5.74, 6) is 1.01. The first-order valence-corrected chi connectivity index (χ1v) is 8.23. The molecule has 0 saturated carbocycles. The van der Waals surface area contributed by atoms with E-state index in [1.165, 1.54) is 0 Å². The molecular formula is C16H24N6O2. The predicted octanol–water partition coefficient (Wildman–Crippen LogP) is 1.67. The van der Waals surface area contributed by atoms with Gasteiger partial charge in [0.15, 0.2) is 5.82 Å². The Balaban J connectivity index is 1.49. The Hall–Kier alpha value is -2.35. The second-order valence-corrected chi connectivity index (χ2v) is 6.06. The van der Waals surface area contributed by atoms with E-state index in [-0.39, 0.29) is 6.03 Å². The van der Waals surface area contributed by atoms with Crippen molar-refractivity contribution in [3.8, 4) is 0 Å². The number of carbonyl (C=O) groups excluding carboxylic acids is 1. The molecule has 1 N–H and O–H groups in total. The van der Waals surface area contributed by atoms with Crippen LogP contribution in [0.2, 0.25) is 0 Å². The molecule has 2 aromatic heterocycles. The standard InChI is InChI=1S/C16H24N6O2/c1-20-7-5-14(18-20)13-3-8-21(9-4-13)16(23)17-15-6-10-22(19-15)11-12-24-2/h5-7,10,13H,3-4,8-9,11-12H2,1-2H3,(H,17,19,23). The van der Waals surface area contributed by atoms with Crippen molar-refractivity contribution < 1.29 is 9.53 Å². The van der Waals surface area contributed by atoms with Gasteiger partial charge in [-0.1, -0.05) is 0 Å². The molecule has 0 unspecified atom stereocenters. The number of nitrogens with one attached hydrogen (secondary N) is 1. The lowest BCUT2D eigenvalue weighted by molar-refractivity contribution is 0.183. The zero-order valence-corrected chi connectivity index (χ0v) is 14.2. The molecule has 3 rings (SSSR count). The first-order valence-electron chi connectivity index (χ1n) is 8.23. The number of hydrogen-bond donors (Lipinski definition) is 1. The lowest BCUT2D eigenvalue weighted by atomic mass is 9.94. The molecule has 8 heteroatoms. The van der Waals surface area contributed by atoms with Crippen molar-refractivity contribution in [3.63, 3.8) is 0 Å². The summed E-state index contributed by atoms with van der Waals surface area (Å²) in [6, 6.07) is 3.77. The van der Waals surface area contributed by atoms with Gasteiger partial charge in [0.2, 0.25) is 0 Å². The number of urea groups is 1. The Bertz CT molecular complexity index is 672. The van der Waals surface area contributed by atoms with Gasteiger partial charge in [-0.2, -0.15) is 10.2 Å². The van der Waals surface area contributed by atoms with Crippen LogP contribution in [0.25, 0.3) is 0 Å². The zero-order valence-electron chi connectivity index (χ0n) is 14.2. The van der Waals surface area contributed by atoms with Crippen molar-refractivity contribution in [2.45, 2.75) is 25.3 Å².